The van der Waals surface area contributed by atoms with Gasteiger partial charge in [-0.1, -0.05) is 31.2 Å². The summed E-state index contributed by atoms with van der Waals surface area (Å²) in [5.41, 5.74) is 8.77. The summed E-state index contributed by atoms with van der Waals surface area (Å²) in [6.45, 7) is 2.18. The first-order valence-corrected chi connectivity index (χ1v) is 5.15. The minimum Gasteiger partial charge on any atom is -0.327 e. The molecule has 1 aromatic carbocycles. The molecule has 2 N–H and O–H groups in total. The molecule has 1 aliphatic carbocycles. The fourth-order valence-corrected chi connectivity index (χ4v) is 1.94. The summed E-state index contributed by atoms with van der Waals surface area (Å²) in [5.74, 6) is 0.630. The summed E-state index contributed by atoms with van der Waals surface area (Å²) >= 11 is 0. The van der Waals surface area contributed by atoms with Gasteiger partial charge in [-0.05, 0) is 36.3 Å². The first-order chi connectivity index (χ1) is 6.31. The molecule has 1 nitrogen and oxygen atoms in total. The highest BCUT2D eigenvalue weighted by atomic mass is 14.7. The Morgan fingerprint density at radius 2 is 1.92 bits per heavy atom. The first kappa shape index (κ1) is 8.76. The lowest BCUT2D eigenvalue weighted by atomic mass is 9.75. The molecular weight excluding hydrogens is 158 g/mol. The summed E-state index contributed by atoms with van der Waals surface area (Å²) < 4.78 is 0. The van der Waals surface area contributed by atoms with Gasteiger partial charge in [0, 0.05) is 6.04 Å². The Morgan fingerprint density at radius 1 is 1.23 bits per heavy atom. The van der Waals surface area contributed by atoms with E-state index in [0.717, 1.165) is 6.42 Å². The van der Waals surface area contributed by atoms with E-state index in [9.17, 15) is 0 Å². The molecule has 1 aromatic rings. The predicted molar refractivity (Wildman–Crippen MR) is 55.8 cm³/mol. The monoisotopic (exact) mass is 175 g/mol. The molecule has 2 atom stereocenters. The zero-order chi connectivity index (χ0) is 9.26. The molecule has 1 aliphatic rings. The Kier molecular flexibility index (Phi) is 2.36. The van der Waals surface area contributed by atoms with E-state index in [0.29, 0.717) is 12.0 Å². The van der Waals surface area contributed by atoms with E-state index in [2.05, 4.69) is 31.2 Å². The van der Waals surface area contributed by atoms with Crippen molar-refractivity contribution in [2.75, 3.05) is 0 Å². The molecule has 1 fully saturated rings. The molecule has 2 unspecified atom stereocenters. The maximum atomic E-state index is 5.93. The topological polar surface area (TPSA) is 26.0 Å². The first-order valence-electron chi connectivity index (χ1n) is 5.15. The van der Waals surface area contributed by atoms with E-state index in [-0.39, 0.29) is 0 Å². The number of hydrogen-bond acceptors (Lipinski definition) is 1. The van der Waals surface area contributed by atoms with Crippen molar-refractivity contribution in [2.24, 2.45) is 5.73 Å². The van der Waals surface area contributed by atoms with Crippen LogP contribution in [-0.2, 0) is 6.42 Å². The van der Waals surface area contributed by atoms with Gasteiger partial charge in [-0.3, -0.25) is 0 Å². The van der Waals surface area contributed by atoms with Crippen LogP contribution in [-0.4, -0.2) is 6.04 Å². The quantitative estimate of drug-likeness (QED) is 0.734. The van der Waals surface area contributed by atoms with Gasteiger partial charge in [0.15, 0.2) is 0 Å². The molecule has 0 heterocycles. The molecule has 0 radical (unpaired) electrons. The Labute approximate surface area is 80.0 Å². The van der Waals surface area contributed by atoms with Crippen molar-refractivity contribution in [3.63, 3.8) is 0 Å². The normalized spacial score (nSPS) is 26.9. The third-order valence-corrected chi connectivity index (χ3v) is 3.14. The SMILES string of the molecule is CCc1ccc(C2CCC2N)cc1. The minimum atomic E-state index is 0.410. The van der Waals surface area contributed by atoms with Crippen molar-refractivity contribution >= 4 is 0 Å². The fourth-order valence-electron chi connectivity index (χ4n) is 1.94. The van der Waals surface area contributed by atoms with Crippen LogP contribution >= 0.6 is 0 Å². The van der Waals surface area contributed by atoms with Gasteiger partial charge in [0.25, 0.3) is 0 Å². The van der Waals surface area contributed by atoms with Crippen LogP contribution in [0.1, 0.15) is 36.8 Å². The van der Waals surface area contributed by atoms with Crippen LogP contribution in [0.15, 0.2) is 24.3 Å². The molecule has 0 spiro atoms. The molecule has 0 bridgehead atoms. The van der Waals surface area contributed by atoms with Crippen molar-refractivity contribution in [1.29, 1.82) is 0 Å². The summed E-state index contributed by atoms with van der Waals surface area (Å²) in [6.07, 6.45) is 3.59. The van der Waals surface area contributed by atoms with Crippen LogP contribution in [0.25, 0.3) is 0 Å². The summed E-state index contributed by atoms with van der Waals surface area (Å²) in [5, 5.41) is 0. The van der Waals surface area contributed by atoms with Gasteiger partial charge in [-0.2, -0.15) is 0 Å². The van der Waals surface area contributed by atoms with Gasteiger partial charge in [0.05, 0.1) is 0 Å². The van der Waals surface area contributed by atoms with Crippen LogP contribution in [0.5, 0.6) is 0 Å². The molecule has 0 saturated heterocycles. The molecule has 1 heteroatoms. The largest absolute Gasteiger partial charge is 0.327 e. The fraction of sp³-hybridized carbons (Fsp3) is 0.500. The average Bonchev–Trinajstić information content (AvgIpc) is 2.17. The molecule has 0 amide bonds. The second kappa shape index (κ2) is 3.51. The zero-order valence-corrected chi connectivity index (χ0v) is 8.16. The number of benzene rings is 1. The standard InChI is InChI=1S/C12H17N/c1-2-9-3-5-10(6-4-9)11-7-8-12(11)13/h3-6,11-12H,2,7-8,13H2,1H3. The van der Waals surface area contributed by atoms with E-state index >= 15 is 0 Å². The van der Waals surface area contributed by atoms with Crippen LogP contribution in [0, 0.1) is 0 Å². The van der Waals surface area contributed by atoms with Crippen molar-refractivity contribution in [1.82, 2.24) is 0 Å². The third-order valence-electron chi connectivity index (χ3n) is 3.14. The van der Waals surface area contributed by atoms with Gasteiger partial charge in [0.1, 0.15) is 0 Å². The van der Waals surface area contributed by atoms with E-state index in [1.54, 1.807) is 0 Å². The number of rotatable bonds is 2. The molecular formula is C12H17N. The maximum Gasteiger partial charge on any atom is 0.0108 e. The minimum absolute atomic E-state index is 0.410. The number of hydrogen-bond donors (Lipinski definition) is 1. The molecule has 1 saturated carbocycles. The van der Waals surface area contributed by atoms with Crippen molar-refractivity contribution in [3.8, 4) is 0 Å². The Bertz CT molecular complexity index is 276. The molecule has 0 aromatic heterocycles. The van der Waals surface area contributed by atoms with Crippen LogP contribution in [0.2, 0.25) is 0 Å². The molecule has 2 rings (SSSR count). The predicted octanol–water partition coefficient (Wildman–Crippen LogP) is 2.45. The molecule has 70 valence electrons. The van der Waals surface area contributed by atoms with Gasteiger partial charge in [-0.25, -0.2) is 0 Å². The lowest BCUT2D eigenvalue weighted by molar-refractivity contribution is 0.346. The summed E-state index contributed by atoms with van der Waals surface area (Å²) in [7, 11) is 0. The van der Waals surface area contributed by atoms with Crippen molar-refractivity contribution in [2.45, 2.75) is 38.1 Å². The van der Waals surface area contributed by atoms with E-state index in [4.69, 9.17) is 5.73 Å². The van der Waals surface area contributed by atoms with Gasteiger partial charge in [-0.15, -0.1) is 0 Å². The van der Waals surface area contributed by atoms with Crippen LogP contribution in [0.4, 0.5) is 0 Å². The average molecular weight is 175 g/mol. The number of aryl methyl sites for hydroxylation is 1. The smallest absolute Gasteiger partial charge is 0.0108 e. The Morgan fingerprint density at radius 3 is 2.31 bits per heavy atom. The molecule has 0 aliphatic heterocycles. The highest BCUT2D eigenvalue weighted by Crippen LogP contribution is 2.35. The Hall–Kier alpha value is -0.820. The van der Waals surface area contributed by atoms with Crippen molar-refractivity contribution < 1.29 is 0 Å². The second-order valence-electron chi connectivity index (χ2n) is 3.94. The van der Waals surface area contributed by atoms with E-state index in [1.807, 2.05) is 0 Å². The maximum absolute atomic E-state index is 5.93. The molecule has 13 heavy (non-hydrogen) atoms. The van der Waals surface area contributed by atoms with Crippen molar-refractivity contribution in [3.05, 3.63) is 35.4 Å². The lowest BCUT2D eigenvalue weighted by Crippen LogP contribution is -2.37. The van der Waals surface area contributed by atoms with E-state index < -0.39 is 0 Å². The van der Waals surface area contributed by atoms with Gasteiger partial charge >= 0.3 is 0 Å². The zero-order valence-electron chi connectivity index (χ0n) is 8.16. The van der Waals surface area contributed by atoms with E-state index in [1.165, 1.54) is 24.0 Å². The summed E-state index contributed by atoms with van der Waals surface area (Å²) in [6, 6.07) is 9.33. The number of nitrogens with two attached hydrogens (primary N) is 1. The summed E-state index contributed by atoms with van der Waals surface area (Å²) in [4.78, 5) is 0. The third kappa shape index (κ3) is 1.61. The van der Waals surface area contributed by atoms with Gasteiger partial charge < -0.3 is 5.73 Å². The second-order valence-corrected chi connectivity index (χ2v) is 3.94. The lowest BCUT2D eigenvalue weighted by Gasteiger charge is -2.34. The van der Waals surface area contributed by atoms with Crippen LogP contribution in [0.3, 0.4) is 0 Å². The van der Waals surface area contributed by atoms with Gasteiger partial charge in [0.2, 0.25) is 0 Å². The highest BCUT2D eigenvalue weighted by Gasteiger charge is 2.28. The highest BCUT2D eigenvalue weighted by molar-refractivity contribution is 5.28. The Balaban J connectivity index is 2.13. The van der Waals surface area contributed by atoms with Crippen LogP contribution < -0.4 is 5.73 Å².